The van der Waals surface area contributed by atoms with Crippen molar-refractivity contribution in [2.45, 2.75) is 6.92 Å². The number of nitrogens with zero attached hydrogens (tertiary/aromatic N) is 3. The molecule has 3 aromatic rings. The first-order valence-electron chi connectivity index (χ1n) is 8.35. The van der Waals surface area contributed by atoms with E-state index in [1.165, 1.54) is 11.3 Å². The molecule has 1 aliphatic heterocycles. The molecule has 0 N–H and O–H groups in total. The van der Waals surface area contributed by atoms with Gasteiger partial charge < -0.3 is 14.5 Å². The lowest BCUT2D eigenvalue weighted by Crippen LogP contribution is -2.46. The van der Waals surface area contributed by atoms with Crippen molar-refractivity contribution in [3.05, 3.63) is 47.0 Å². The number of hydrogen-bond acceptors (Lipinski definition) is 5. The number of anilines is 2. The second-order valence-corrected chi connectivity index (χ2v) is 7.60. The van der Waals surface area contributed by atoms with Gasteiger partial charge in [0.05, 0.1) is 22.3 Å². The highest BCUT2D eigenvalue weighted by Crippen LogP contribution is 2.36. The summed E-state index contributed by atoms with van der Waals surface area (Å²) in [6, 6.07) is 12.2. The van der Waals surface area contributed by atoms with Crippen LogP contribution in [0.15, 0.2) is 36.4 Å². The minimum Gasteiger partial charge on any atom is -0.497 e. The fraction of sp³-hybridized carbons (Fsp3) is 0.316. The smallest absolute Gasteiger partial charge is 0.186 e. The Hall–Kier alpha value is -1.98. The average Bonchev–Trinajstić information content (AvgIpc) is 3.12. The van der Waals surface area contributed by atoms with E-state index < -0.39 is 0 Å². The van der Waals surface area contributed by atoms with Crippen molar-refractivity contribution in [2.75, 3.05) is 43.1 Å². The third-order valence-electron chi connectivity index (χ3n) is 4.65. The van der Waals surface area contributed by atoms with Crippen LogP contribution in [0, 0.1) is 6.92 Å². The Labute approximate surface area is 156 Å². The fourth-order valence-corrected chi connectivity index (χ4v) is 4.56. The van der Waals surface area contributed by atoms with E-state index in [1.54, 1.807) is 18.4 Å². The number of methoxy groups -OCH3 is 1. The zero-order valence-corrected chi connectivity index (χ0v) is 15.9. The molecule has 25 heavy (non-hydrogen) atoms. The summed E-state index contributed by atoms with van der Waals surface area (Å²) < 4.78 is 6.42. The molecule has 2 aromatic carbocycles. The highest BCUT2D eigenvalue weighted by molar-refractivity contribution is 7.22. The standard InChI is InChI=1S/C19H20ClN3OS/c1-13-6-7-16(20)18-17(13)21-19(25-18)23-10-8-22(9-11-23)14-4-3-5-15(12-14)24-2/h3-7,12H,8-11H2,1-2H3. The van der Waals surface area contributed by atoms with Gasteiger partial charge in [-0.15, -0.1) is 0 Å². The monoisotopic (exact) mass is 373 g/mol. The van der Waals surface area contributed by atoms with Crippen LogP contribution >= 0.6 is 22.9 Å². The number of aromatic nitrogens is 1. The number of benzene rings is 2. The molecule has 0 unspecified atom stereocenters. The molecule has 0 amide bonds. The molecule has 1 aromatic heterocycles. The van der Waals surface area contributed by atoms with Gasteiger partial charge in [-0.1, -0.05) is 35.1 Å². The van der Waals surface area contributed by atoms with Crippen LogP contribution in [0.25, 0.3) is 10.2 Å². The molecule has 0 spiro atoms. The fourth-order valence-electron chi connectivity index (χ4n) is 3.19. The zero-order chi connectivity index (χ0) is 17.4. The summed E-state index contributed by atoms with van der Waals surface area (Å²) in [6.07, 6.45) is 0. The van der Waals surface area contributed by atoms with Crippen LogP contribution in [0.1, 0.15) is 5.56 Å². The van der Waals surface area contributed by atoms with E-state index in [0.29, 0.717) is 0 Å². The van der Waals surface area contributed by atoms with Crippen LogP contribution in [0.2, 0.25) is 5.02 Å². The van der Waals surface area contributed by atoms with Crippen molar-refractivity contribution < 1.29 is 4.74 Å². The predicted octanol–water partition coefficient (Wildman–Crippen LogP) is 4.59. The zero-order valence-electron chi connectivity index (χ0n) is 14.3. The van der Waals surface area contributed by atoms with Gasteiger partial charge in [-0.3, -0.25) is 0 Å². The lowest BCUT2D eigenvalue weighted by atomic mass is 10.2. The molecule has 2 heterocycles. The molecule has 1 aliphatic rings. The minimum atomic E-state index is 0.791. The van der Waals surface area contributed by atoms with Gasteiger partial charge in [-0.25, -0.2) is 4.98 Å². The molecular formula is C19H20ClN3OS. The third-order valence-corrected chi connectivity index (χ3v) is 6.23. The first kappa shape index (κ1) is 16.5. The number of thiazole rings is 1. The molecule has 4 nitrogen and oxygen atoms in total. The van der Waals surface area contributed by atoms with Crippen LogP contribution in [0.4, 0.5) is 10.8 Å². The molecule has 1 saturated heterocycles. The van der Waals surface area contributed by atoms with Gasteiger partial charge in [0, 0.05) is 37.9 Å². The summed E-state index contributed by atoms with van der Waals surface area (Å²) in [5.41, 5.74) is 3.42. The third kappa shape index (κ3) is 3.14. The number of ether oxygens (including phenoxy) is 1. The maximum absolute atomic E-state index is 6.34. The van der Waals surface area contributed by atoms with Gasteiger partial charge in [0.25, 0.3) is 0 Å². The predicted molar refractivity (Wildman–Crippen MR) is 107 cm³/mol. The van der Waals surface area contributed by atoms with E-state index in [9.17, 15) is 0 Å². The van der Waals surface area contributed by atoms with Gasteiger partial charge >= 0.3 is 0 Å². The van der Waals surface area contributed by atoms with E-state index >= 15 is 0 Å². The Morgan fingerprint density at radius 1 is 1.08 bits per heavy atom. The molecule has 0 saturated carbocycles. The summed E-state index contributed by atoms with van der Waals surface area (Å²) in [5, 5.41) is 1.86. The number of hydrogen-bond donors (Lipinski definition) is 0. The molecule has 4 rings (SSSR count). The van der Waals surface area contributed by atoms with E-state index in [-0.39, 0.29) is 0 Å². The Morgan fingerprint density at radius 3 is 2.56 bits per heavy atom. The highest BCUT2D eigenvalue weighted by atomic mass is 35.5. The first-order valence-corrected chi connectivity index (χ1v) is 9.55. The number of piperazine rings is 1. The lowest BCUT2D eigenvalue weighted by molar-refractivity contribution is 0.414. The topological polar surface area (TPSA) is 28.6 Å². The molecule has 0 bridgehead atoms. The van der Waals surface area contributed by atoms with E-state index in [4.69, 9.17) is 21.3 Å². The quantitative estimate of drug-likeness (QED) is 0.671. The molecule has 1 fully saturated rings. The Balaban J connectivity index is 1.52. The van der Waals surface area contributed by atoms with E-state index in [0.717, 1.165) is 52.3 Å². The number of halogens is 1. The van der Waals surface area contributed by atoms with Crippen molar-refractivity contribution in [3.63, 3.8) is 0 Å². The van der Waals surface area contributed by atoms with Crippen molar-refractivity contribution in [1.29, 1.82) is 0 Å². The summed E-state index contributed by atoms with van der Waals surface area (Å²) >= 11 is 8.04. The normalized spacial score (nSPS) is 15.0. The van der Waals surface area contributed by atoms with Crippen LogP contribution in [0.5, 0.6) is 5.75 Å². The number of rotatable bonds is 3. The number of aryl methyl sites for hydroxylation is 1. The van der Waals surface area contributed by atoms with Gasteiger partial charge in [0.2, 0.25) is 0 Å². The summed E-state index contributed by atoms with van der Waals surface area (Å²) in [5.74, 6) is 0.899. The highest BCUT2D eigenvalue weighted by Gasteiger charge is 2.21. The molecule has 0 aliphatic carbocycles. The lowest BCUT2D eigenvalue weighted by Gasteiger charge is -2.36. The molecular weight excluding hydrogens is 354 g/mol. The van der Waals surface area contributed by atoms with Crippen LogP contribution < -0.4 is 14.5 Å². The SMILES string of the molecule is COc1cccc(N2CCN(c3nc4c(C)ccc(Cl)c4s3)CC2)c1. The number of fused-ring (bicyclic) bond motifs is 1. The molecule has 6 heteroatoms. The van der Waals surface area contributed by atoms with Crippen LogP contribution in [-0.2, 0) is 0 Å². The van der Waals surface area contributed by atoms with Gasteiger partial charge in [0.15, 0.2) is 5.13 Å². The van der Waals surface area contributed by atoms with Crippen molar-refractivity contribution in [1.82, 2.24) is 4.98 Å². The summed E-state index contributed by atoms with van der Waals surface area (Å²) in [4.78, 5) is 9.60. The molecule has 0 radical (unpaired) electrons. The Kier molecular flexibility index (Phi) is 4.44. The Bertz CT molecular complexity index is 864. The Morgan fingerprint density at radius 2 is 1.84 bits per heavy atom. The van der Waals surface area contributed by atoms with Crippen LogP contribution in [0.3, 0.4) is 0 Å². The van der Waals surface area contributed by atoms with Gasteiger partial charge in [-0.2, -0.15) is 0 Å². The molecule has 130 valence electrons. The largest absolute Gasteiger partial charge is 0.497 e. The summed E-state index contributed by atoms with van der Waals surface area (Å²) in [6.45, 7) is 5.93. The van der Waals surface area contributed by atoms with E-state index in [2.05, 4.69) is 28.9 Å². The second-order valence-electron chi connectivity index (χ2n) is 6.21. The van der Waals surface area contributed by atoms with E-state index in [1.807, 2.05) is 24.3 Å². The van der Waals surface area contributed by atoms with Crippen molar-refractivity contribution in [2.24, 2.45) is 0 Å². The second kappa shape index (κ2) is 6.73. The first-order chi connectivity index (χ1) is 12.2. The van der Waals surface area contributed by atoms with Crippen molar-refractivity contribution in [3.8, 4) is 5.75 Å². The minimum absolute atomic E-state index is 0.791. The van der Waals surface area contributed by atoms with Gasteiger partial charge in [0.1, 0.15) is 5.75 Å². The average molecular weight is 374 g/mol. The maximum Gasteiger partial charge on any atom is 0.186 e. The summed E-state index contributed by atoms with van der Waals surface area (Å²) in [7, 11) is 1.71. The maximum atomic E-state index is 6.34. The van der Waals surface area contributed by atoms with Crippen molar-refractivity contribution >= 4 is 44.0 Å². The van der Waals surface area contributed by atoms with Gasteiger partial charge in [-0.05, 0) is 30.7 Å². The van der Waals surface area contributed by atoms with Crippen LogP contribution in [-0.4, -0.2) is 38.3 Å². The molecule has 0 atom stereocenters.